The Hall–Kier alpha value is 0.0774. The molecule has 0 saturated heterocycles. The van der Waals surface area contributed by atoms with E-state index in [1.165, 1.54) is 12.8 Å². The van der Waals surface area contributed by atoms with Crippen LogP contribution < -0.4 is 18.9 Å². The molecule has 0 aromatic heterocycles. The maximum atomic E-state index is 2.26. The molecule has 52 valence electrons. The zero-order valence-electron chi connectivity index (χ0n) is 8.22. The van der Waals surface area contributed by atoms with Crippen molar-refractivity contribution in [1.82, 2.24) is 0 Å². The van der Waals surface area contributed by atoms with Gasteiger partial charge in [0.05, 0.1) is 0 Å². The molecule has 0 unspecified atom stereocenters. The molecule has 1 rings (SSSR count). The Labute approximate surface area is 77.1 Å². The van der Waals surface area contributed by atoms with E-state index < -0.39 is 0 Å². The molecule has 0 radical (unpaired) electrons. The molecule has 0 spiro atoms. The summed E-state index contributed by atoms with van der Waals surface area (Å²) in [7, 11) is 0. The summed E-state index contributed by atoms with van der Waals surface area (Å²) in [5.41, 5.74) is 1.59. The average molecular weight is 130 g/mol. The predicted molar refractivity (Wildman–Crippen MR) is 42.4 cm³/mol. The van der Waals surface area contributed by atoms with E-state index in [1.807, 2.05) is 0 Å². The van der Waals surface area contributed by atoms with Crippen molar-refractivity contribution in [3.8, 4) is 0 Å². The number of rotatable bonds is 2. The summed E-state index contributed by atoms with van der Waals surface area (Å²) in [5, 5.41) is 0. The van der Waals surface area contributed by atoms with Crippen LogP contribution in [0.4, 0.5) is 0 Å². The predicted octanol–water partition coefficient (Wildman–Crippen LogP) is 0.0353. The number of hydrogen-bond donors (Lipinski definition) is 0. The van der Waals surface area contributed by atoms with Crippen LogP contribution in [0.5, 0.6) is 0 Å². The minimum absolute atomic E-state index is 0. The summed E-state index contributed by atoms with van der Waals surface area (Å²) >= 11 is 0. The van der Waals surface area contributed by atoms with Gasteiger partial charge in [0.25, 0.3) is 0 Å². The third-order valence-corrected chi connectivity index (χ3v) is 1.52. The fourth-order valence-corrected chi connectivity index (χ4v) is 1.17. The average Bonchev–Trinajstić information content (AvgIpc) is 2.15. The van der Waals surface area contributed by atoms with Crippen molar-refractivity contribution in [2.24, 2.45) is 5.92 Å². The van der Waals surface area contributed by atoms with E-state index in [0.717, 1.165) is 5.92 Å². The van der Waals surface area contributed by atoms with Gasteiger partial charge in [-0.15, -0.1) is 0 Å². The van der Waals surface area contributed by atoms with Crippen LogP contribution in [0.2, 0.25) is 0 Å². The summed E-state index contributed by atoms with van der Waals surface area (Å²) in [5.74, 6) is 0.816. The van der Waals surface area contributed by atoms with Crippen molar-refractivity contribution in [3.63, 3.8) is 0 Å². The van der Waals surface area contributed by atoms with E-state index in [0.29, 0.717) is 0 Å². The standard InChI is InChI=1S/C9H14.Li.H/c1-8(2)7-9-5-3-4-6-9;;/h3-5,8H,6-7H2,1-2H3;;/q;+1;-1. The molecule has 0 N–H and O–H groups in total. The third-order valence-electron chi connectivity index (χ3n) is 1.52. The van der Waals surface area contributed by atoms with E-state index in [9.17, 15) is 0 Å². The second-order valence-electron chi connectivity index (χ2n) is 3.06. The van der Waals surface area contributed by atoms with Gasteiger partial charge in [0.15, 0.2) is 0 Å². The molecule has 0 aromatic carbocycles. The smallest absolute Gasteiger partial charge is 1.00 e. The zero-order valence-corrected chi connectivity index (χ0v) is 7.22. The summed E-state index contributed by atoms with van der Waals surface area (Å²) in [6.45, 7) is 4.53. The van der Waals surface area contributed by atoms with Crippen molar-refractivity contribution in [1.29, 1.82) is 0 Å². The summed E-state index contributed by atoms with van der Waals surface area (Å²) in [6, 6.07) is 0. The van der Waals surface area contributed by atoms with Gasteiger partial charge in [0.2, 0.25) is 0 Å². The van der Waals surface area contributed by atoms with Crippen molar-refractivity contribution >= 4 is 0 Å². The minimum atomic E-state index is 0. The molecule has 0 atom stereocenters. The Morgan fingerprint density at radius 2 is 2.30 bits per heavy atom. The van der Waals surface area contributed by atoms with Crippen LogP contribution in [0.25, 0.3) is 0 Å². The number of hydrogen-bond acceptors (Lipinski definition) is 0. The molecule has 0 aromatic rings. The SMILES string of the molecule is CC(C)CC1=CC=CC1.[H-].[Li+]. The Morgan fingerprint density at radius 3 is 2.70 bits per heavy atom. The molecule has 0 nitrogen and oxygen atoms in total. The van der Waals surface area contributed by atoms with Crippen LogP contribution in [0.15, 0.2) is 23.8 Å². The van der Waals surface area contributed by atoms with E-state index in [-0.39, 0.29) is 20.3 Å². The molecule has 0 fully saturated rings. The molecule has 1 aliphatic rings. The van der Waals surface area contributed by atoms with Gasteiger partial charge in [-0.3, -0.25) is 0 Å². The van der Waals surface area contributed by atoms with Crippen LogP contribution >= 0.6 is 0 Å². The van der Waals surface area contributed by atoms with Crippen LogP contribution in [0.1, 0.15) is 28.1 Å². The quantitative estimate of drug-likeness (QED) is 0.463. The molecule has 10 heavy (non-hydrogen) atoms. The molecular weight excluding hydrogens is 115 g/mol. The topological polar surface area (TPSA) is 0 Å². The van der Waals surface area contributed by atoms with Crippen LogP contribution in [0.3, 0.4) is 0 Å². The van der Waals surface area contributed by atoms with Gasteiger partial charge in [0, 0.05) is 0 Å². The number of allylic oxidation sites excluding steroid dienone is 4. The van der Waals surface area contributed by atoms with Gasteiger partial charge in [-0.2, -0.15) is 0 Å². The monoisotopic (exact) mass is 130 g/mol. The van der Waals surface area contributed by atoms with Crippen LogP contribution in [0, 0.1) is 5.92 Å². The van der Waals surface area contributed by atoms with Crippen molar-refractivity contribution < 1.29 is 20.3 Å². The second kappa shape index (κ2) is 4.83. The van der Waals surface area contributed by atoms with Crippen molar-refractivity contribution in [3.05, 3.63) is 23.8 Å². The second-order valence-corrected chi connectivity index (χ2v) is 3.06. The molecule has 0 aliphatic heterocycles. The maximum Gasteiger partial charge on any atom is 1.00 e. The zero-order chi connectivity index (χ0) is 6.69. The van der Waals surface area contributed by atoms with Crippen LogP contribution in [-0.4, -0.2) is 0 Å². The molecule has 0 bridgehead atoms. The Bertz CT molecular complexity index is 148. The van der Waals surface area contributed by atoms with E-state index in [4.69, 9.17) is 0 Å². The van der Waals surface area contributed by atoms with E-state index >= 15 is 0 Å². The first kappa shape index (κ1) is 10.1. The molecule has 0 heterocycles. The maximum absolute atomic E-state index is 2.26. The first-order valence-electron chi connectivity index (χ1n) is 3.63. The Morgan fingerprint density at radius 1 is 1.60 bits per heavy atom. The molecule has 1 aliphatic carbocycles. The van der Waals surface area contributed by atoms with Crippen LogP contribution in [-0.2, 0) is 0 Å². The van der Waals surface area contributed by atoms with Gasteiger partial charge in [-0.05, 0) is 18.8 Å². The minimum Gasteiger partial charge on any atom is -1.00 e. The summed E-state index contributed by atoms with van der Waals surface area (Å²) in [6.07, 6.45) is 9.07. The molecular formula is C9H15Li. The summed E-state index contributed by atoms with van der Waals surface area (Å²) in [4.78, 5) is 0. The largest absolute Gasteiger partial charge is 1.00 e. The van der Waals surface area contributed by atoms with Gasteiger partial charge in [-0.1, -0.05) is 37.6 Å². The fourth-order valence-electron chi connectivity index (χ4n) is 1.17. The molecule has 0 saturated carbocycles. The van der Waals surface area contributed by atoms with Crippen molar-refractivity contribution in [2.75, 3.05) is 0 Å². The summed E-state index contributed by atoms with van der Waals surface area (Å²) < 4.78 is 0. The van der Waals surface area contributed by atoms with E-state index in [1.54, 1.807) is 5.57 Å². The van der Waals surface area contributed by atoms with Gasteiger partial charge < -0.3 is 1.43 Å². The normalized spacial score (nSPS) is 15.3. The van der Waals surface area contributed by atoms with Gasteiger partial charge >= 0.3 is 18.9 Å². The third kappa shape index (κ3) is 3.30. The Balaban J connectivity index is 0. The van der Waals surface area contributed by atoms with Gasteiger partial charge in [-0.25, -0.2) is 0 Å². The fraction of sp³-hybridized carbons (Fsp3) is 0.556. The Kier molecular flexibility index (Phi) is 4.86. The van der Waals surface area contributed by atoms with E-state index in [2.05, 4.69) is 32.1 Å². The van der Waals surface area contributed by atoms with Gasteiger partial charge in [0.1, 0.15) is 0 Å². The first-order valence-corrected chi connectivity index (χ1v) is 3.63. The molecule has 1 heteroatoms. The molecule has 0 amide bonds. The van der Waals surface area contributed by atoms with Crippen molar-refractivity contribution in [2.45, 2.75) is 26.7 Å². The first-order chi connectivity index (χ1) is 4.29.